The van der Waals surface area contributed by atoms with Crippen molar-refractivity contribution in [2.24, 2.45) is 0 Å². The Kier molecular flexibility index (Phi) is 3.18. The third kappa shape index (κ3) is 2.13. The van der Waals surface area contributed by atoms with Crippen LogP contribution in [0.3, 0.4) is 0 Å². The van der Waals surface area contributed by atoms with Crippen LogP contribution in [0.2, 0.25) is 0 Å². The Labute approximate surface area is 103 Å². The van der Waals surface area contributed by atoms with Crippen LogP contribution in [-0.2, 0) is 0 Å². The third-order valence-electron chi connectivity index (χ3n) is 2.40. The maximum absolute atomic E-state index is 10.7. The molecule has 94 valence electrons. The molecular formula is C12H11NO5. The lowest BCUT2D eigenvalue weighted by Crippen LogP contribution is -1.94. The summed E-state index contributed by atoms with van der Waals surface area (Å²) >= 11 is 0. The van der Waals surface area contributed by atoms with E-state index < -0.39 is 5.97 Å². The first-order valence-electron chi connectivity index (χ1n) is 5.08. The van der Waals surface area contributed by atoms with Gasteiger partial charge in [0.2, 0.25) is 0 Å². The molecule has 0 saturated heterocycles. The Balaban J connectivity index is 2.50. The third-order valence-corrected chi connectivity index (χ3v) is 2.40. The van der Waals surface area contributed by atoms with Gasteiger partial charge < -0.3 is 19.1 Å². The number of carboxylic acid groups (broad SMARTS) is 1. The number of carboxylic acids is 1. The fourth-order valence-corrected chi connectivity index (χ4v) is 1.51. The van der Waals surface area contributed by atoms with Gasteiger partial charge in [0.25, 0.3) is 0 Å². The lowest BCUT2D eigenvalue weighted by molar-refractivity contribution is 0.0686. The van der Waals surface area contributed by atoms with E-state index in [-0.39, 0.29) is 5.69 Å². The standard InChI is InChI=1S/C12H11NO5/c1-16-7-3-4-10(17-2)8(5-7)11-6-9(12(14)15)13-18-11/h3-6H,1-2H3,(H,14,15). The van der Waals surface area contributed by atoms with Crippen molar-refractivity contribution in [3.8, 4) is 22.8 Å². The molecule has 0 saturated carbocycles. The molecule has 0 spiro atoms. The van der Waals surface area contributed by atoms with Gasteiger partial charge in [-0.2, -0.15) is 0 Å². The molecule has 18 heavy (non-hydrogen) atoms. The molecule has 0 amide bonds. The molecule has 2 aromatic rings. The Bertz CT molecular complexity index is 576. The van der Waals surface area contributed by atoms with Crippen LogP contribution in [0.1, 0.15) is 10.5 Å². The molecule has 0 bridgehead atoms. The normalized spacial score (nSPS) is 10.1. The van der Waals surface area contributed by atoms with E-state index in [2.05, 4.69) is 5.16 Å². The quantitative estimate of drug-likeness (QED) is 0.893. The first-order valence-corrected chi connectivity index (χ1v) is 5.08. The molecule has 1 aromatic heterocycles. The van der Waals surface area contributed by atoms with E-state index in [9.17, 15) is 4.79 Å². The number of aromatic nitrogens is 1. The van der Waals surface area contributed by atoms with Crippen molar-refractivity contribution in [1.29, 1.82) is 0 Å². The van der Waals surface area contributed by atoms with Crippen molar-refractivity contribution in [3.63, 3.8) is 0 Å². The van der Waals surface area contributed by atoms with Crippen molar-refractivity contribution in [2.75, 3.05) is 14.2 Å². The van der Waals surface area contributed by atoms with Crippen LogP contribution in [0.25, 0.3) is 11.3 Å². The fraction of sp³-hybridized carbons (Fsp3) is 0.167. The highest BCUT2D eigenvalue weighted by atomic mass is 16.5. The summed E-state index contributed by atoms with van der Waals surface area (Å²) in [5, 5.41) is 12.2. The van der Waals surface area contributed by atoms with E-state index in [4.69, 9.17) is 19.1 Å². The minimum absolute atomic E-state index is 0.158. The average Bonchev–Trinajstić information content (AvgIpc) is 2.87. The van der Waals surface area contributed by atoms with Gasteiger partial charge in [0.15, 0.2) is 11.5 Å². The molecule has 0 aliphatic carbocycles. The maximum atomic E-state index is 10.7. The molecule has 2 rings (SSSR count). The molecule has 0 atom stereocenters. The first-order chi connectivity index (χ1) is 8.65. The Hall–Kier alpha value is -2.50. The molecule has 1 N–H and O–H groups in total. The number of ether oxygens (including phenoxy) is 2. The maximum Gasteiger partial charge on any atom is 0.358 e. The van der Waals surface area contributed by atoms with Crippen LogP contribution in [0.15, 0.2) is 28.8 Å². The van der Waals surface area contributed by atoms with E-state index in [0.717, 1.165) is 0 Å². The van der Waals surface area contributed by atoms with Crippen LogP contribution in [0.4, 0.5) is 0 Å². The van der Waals surface area contributed by atoms with Gasteiger partial charge in [-0.1, -0.05) is 5.16 Å². The summed E-state index contributed by atoms with van der Waals surface area (Å²) in [6.07, 6.45) is 0. The first kappa shape index (κ1) is 12.0. The number of hydrogen-bond donors (Lipinski definition) is 1. The van der Waals surface area contributed by atoms with Gasteiger partial charge in [-0.05, 0) is 18.2 Å². The lowest BCUT2D eigenvalue weighted by Gasteiger charge is -2.07. The zero-order valence-corrected chi connectivity index (χ0v) is 9.84. The summed E-state index contributed by atoms with van der Waals surface area (Å²) in [5.41, 5.74) is 0.423. The number of rotatable bonds is 4. The van der Waals surface area contributed by atoms with Gasteiger partial charge in [-0.25, -0.2) is 4.79 Å². The zero-order valence-electron chi connectivity index (χ0n) is 9.84. The second-order valence-electron chi connectivity index (χ2n) is 3.45. The number of nitrogens with zero attached hydrogens (tertiary/aromatic N) is 1. The highest BCUT2D eigenvalue weighted by Gasteiger charge is 2.16. The molecule has 0 unspecified atom stereocenters. The van der Waals surface area contributed by atoms with Gasteiger partial charge in [0, 0.05) is 6.07 Å². The summed E-state index contributed by atoms with van der Waals surface area (Å²) in [5.74, 6) is 0.318. The van der Waals surface area contributed by atoms with E-state index in [1.807, 2.05) is 0 Å². The molecule has 6 nitrogen and oxygen atoms in total. The molecule has 6 heteroatoms. The van der Waals surface area contributed by atoms with Gasteiger partial charge in [-0.3, -0.25) is 0 Å². The van der Waals surface area contributed by atoms with Gasteiger partial charge in [0.1, 0.15) is 11.5 Å². The van der Waals surface area contributed by atoms with Crippen molar-refractivity contribution < 1.29 is 23.9 Å². The van der Waals surface area contributed by atoms with Crippen molar-refractivity contribution in [3.05, 3.63) is 30.0 Å². The average molecular weight is 249 g/mol. The van der Waals surface area contributed by atoms with Crippen LogP contribution in [0.5, 0.6) is 11.5 Å². The zero-order chi connectivity index (χ0) is 13.1. The van der Waals surface area contributed by atoms with Crippen LogP contribution < -0.4 is 9.47 Å². The molecule has 0 aliphatic rings. The highest BCUT2D eigenvalue weighted by molar-refractivity contribution is 5.86. The van der Waals surface area contributed by atoms with Crippen LogP contribution in [0, 0.1) is 0 Å². The molecule has 0 aliphatic heterocycles. The number of hydrogen-bond acceptors (Lipinski definition) is 5. The van der Waals surface area contributed by atoms with Gasteiger partial charge in [-0.15, -0.1) is 0 Å². The molecule has 1 heterocycles. The molecule has 1 aromatic carbocycles. The van der Waals surface area contributed by atoms with E-state index in [0.29, 0.717) is 22.8 Å². The van der Waals surface area contributed by atoms with E-state index >= 15 is 0 Å². The largest absolute Gasteiger partial charge is 0.497 e. The van der Waals surface area contributed by atoms with Crippen LogP contribution >= 0.6 is 0 Å². The van der Waals surface area contributed by atoms with Gasteiger partial charge >= 0.3 is 5.97 Å². The van der Waals surface area contributed by atoms with Crippen LogP contribution in [-0.4, -0.2) is 30.5 Å². The molecule has 0 fully saturated rings. The smallest absolute Gasteiger partial charge is 0.358 e. The Morgan fingerprint density at radius 3 is 2.61 bits per heavy atom. The van der Waals surface area contributed by atoms with E-state index in [1.54, 1.807) is 18.2 Å². The Morgan fingerprint density at radius 1 is 1.28 bits per heavy atom. The number of carbonyl (C=O) groups is 1. The number of methoxy groups -OCH3 is 2. The summed E-state index contributed by atoms with van der Waals surface area (Å²) in [4.78, 5) is 10.7. The SMILES string of the molecule is COc1ccc(OC)c(-c2cc(C(=O)O)no2)c1. The monoisotopic (exact) mass is 249 g/mol. The fourth-order valence-electron chi connectivity index (χ4n) is 1.51. The second-order valence-corrected chi connectivity index (χ2v) is 3.45. The summed E-state index contributed by atoms with van der Waals surface area (Å²) in [7, 11) is 3.05. The topological polar surface area (TPSA) is 81.8 Å². The second kappa shape index (κ2) is 4.79. The number of benzene rings is 1. The lowest BCUT2D eigenvalue weighted by atomic mass is 10.1. The van der Waals surface area contributed by atoms with Crippen molar-refractivity contribution in [1.82, 2.24) is 5.16 Å². The minimum atomic E-state index is -1.15. The predicted octanol–water partition coefficient (Wildman–Crippen LogP) is 2.06. The predicted molar refractivity (Wildman–Crippen MR) is 62.0 cm³/mol. The summed E-state index contributed by atoms with van der Waals surface area (Å²) in [6.45, 7) is 0. The molecule has 0 radical (unpaired) electrons. The number of aromatic carboxylic acids is 1. The van der Waals surface area contributed by atoms with Crippen molar-refractivity contribution >= 4 is 5.97 Å². The van der Waals surface area contributed by atoms with Crippen molar-refractivity contribution in [2.45, 2.75) is 0 Å². The molecular weight excluding hydrogens is 238 g/mol. The summed E-state index contributed by atoms with van der Waals surface area (Å²) in [6, 6.07) is 6.46. The van der Waals surface area contributed by atoms with Gasteiger partial charge in [0.05, 0.1) is 19.8 Å². The minimum Gasteiger partial charge on any atom is -0.497 e. The Morgan fingerprint density at radius 2 is 2.06 bits per heavy atom. The summed E-state index contributed by atoms with van der Waals surface area (Å²) < 4.78 is 15.3. The van der Waals surface area contributed by atoms with E-state index in [1.165, 1.54) is 20.3 Å². The highest BCUT2D eigenvalue weighted by Crippen LogP contribution is 2.33.